The molecule has 4 nitrogen and oxygen atoms in total. The first-order chi connectivity index (χ1) is 11.9. The van der Waals surface area contributed by atoms with Crippen molar-refractivity contribution < 1.29 is 9.53 Å². The number of amides is 1. The van der Waals surface area contributed by atoms with Gasteiger partial charge in [0.15, 0.2) is 5.11 Å². The Labute approximate surface area is 165 Å². The Morgan fingerprint density at radius 3 is 2.60 bits per heavy atom. The van der Waals surface area contributed by atoms with E-state index < -0.39 is 0 Å². The molecule has 0 spiro atoms. The molecule has 0 radical (unpaired) electrons. The SMILES string of the molecule is CCCCCCCNC(=S)NC(=O)c1ccc(OCC(C)C)c(Br)c1. The normalized spacial score (nSPS) is 10.6. The van der Waals surface area contributed by atoms with Gasteiger partial charge < -0.3 is 10.1 Å². The van der Waals surface area contributed by atoms with E-state index in [2.05, 4.69) is 47.3 Å². The number of carbonyl (C=O) groups excluding carboxylic acids is 1. The maximum Gasteiger partial charge on any atom is 0.257 e. The van der Waals surface area contributed by atoms with Crippen LogP contribution in [0.4, 0.5) is 0 Å². The molecule has 1 amide bonds. The van der Waals surface area contributed by atoms with Gasteiger partial charge in [-0.05, 0) is 58.7 Å². The number of benzene rings is 1. The van der Waals surface area contributed by atoms with E-state index in [4.69, 9.17) is 17.0 Å². The van der Waals surface area contributed by atoms with Gasteiger partial charge in [0.25, 0.3) is 5.91 Å². The van der Waals surface area contributed by atoms with Gasteiger partial charge in [-0.2, -0.15) is 0 Å². The van der Waals surface area contributed by atoms with Crippen molar-refractivity contribution in [1.82, 2.24) is 10.6 Å². The number of thiocarbonyl (C=S) groups is 1. The quantitative estimate of drug-likeness (QED) is 0.403. The second-order valence-electron chi connectivity index (χ2n) is 6.47. The molecule has 0 atom stereocenters. The lowest BCUT2D eigenvalue weighted by molar-refractivity contribution is 0.0976. The van der Waals surface area contributed by atoms with E-state index >= 15 is 0 Å². The molecule has 25 heavy (non-hydrogen) atoms. The highest BCUT2D eigenvalue weighted by Crippen LogP contribution is 2.26. The molecular weight excluding hydrogens is 400 g/mol. The van der Waals surface area contributed by atoms with E-state index in [1.165, 1.54) is 25.7 Å². The molecule has 1 aromatic carbocycles. The summed E-state index contributed by atoms with van der Waals surface area (Å²) in [6, 6.07) is 5.28. The Kier molecular flexibility index (Phi) is 10.7. The summed E-state index contributed by atoms with van der Waals surface area (Å²) in [5.41, 5.74) is 0.538. The van der Waals surface area contributed by atoms with Crippen molar-refractivity contribution in [3.63, 3.8) is 0 Å². The van der Waals surface area contributed by atoms with E-state index in [1.807, 2.05) is 0 Å². The van der Waals surface area contributed by atoms with Crippen LogP contribution in [-0.2, 0) is 0 Å². The molecule has 0 saturated carbocycles. The Bertz CT molecular complexity index is 564. The van der Waals surface area contributed by atoms with Gasteiger partial charge in [0.05, 0.1) is 11.1 Å². The predicted molar refractivity (Wildman–Crippen MR) is 111 cm³/mol. The maximum absolute atomic E-state index is 12.3. The molecule has 0 saturated heterocycles. The highest BCUT2D eigenvalue weighted by molar-refractivity contribution is 9.10. The fourth-order valence-electron chi connectivity index (χ4n) is 2.17. The molecular formula is C19H29BrN2O2S. The van der Waals surface area contributed by atoms with Gasteiger partial charge in [-0.15, -0.1) is 0 Å². The Morgan fingerprint density at radius 2 is 1.96 bits per heavy atom. The monoisotopic (exact) mass is 428 g/mol. The molecule has 1 aromatic rings. The van der Waals surface area contributed by atoms with E-state index in [0.717, 1.165) is 23.2 Å². The zero-order chi connectivity index (χ0) is 18.7. The second-order valence-corrected chi connectivity index (χ2v) is 7.74. The fraction of sp³-hybridized carbons (Fsp3) is 0.579. The summed E-state index contributed by atoms with van der Waals surface area (Å²) in [5, 5.41) is 6.17. The van der Waals surface area contributed by atoms with Crippen LogP contribution in [0.3, 0.4) is 0 Å². The minimum Gasteiger partial charge on any atom is -0.492 e. The average molecular weight is 429 g/mol. The molecule has 6 heteroatoms. The van der Waals surface area contributed by atoms with Crippen molar-refractivity contribution in [3.8, 4) is 5.75 Å². The van der Waals surface area contributed by atoms with Crippen LogP contribution in [0.25, 0.3) is 0 Å². The third-order valence-corrected chi connectivity index (χ3v) is 4.43. The van der Waals surface area contributed by atoms with Crippen molar-refractivity contribution in [3.05, 3.63) is 28.2 Å². The number of rotatable bonds is 10. The molecule has 0 unspecified atom stereocenters. The Morgan fingerprint density at radius 1 is 1.24 bits per heavy atom. The standard InChI is InChI=1S/C19H29BrN2O2S/c1-4-5-6-7-8-11-21-19(25)22-18(23)15-9-10-17(16(20)12-15)24-13-14(2)3/h9-10,12,14H,4-8,11,13H2,1-3H3,(H2,21,22,23,25). The van der Waals surface area contributed by atoms with Crippen molar-refractivity contribution >= 4 is 39.2 Å². The predicted octanol–water partition coefficient (Wildman–Crippen LogP) is 5.06. The van der Waals surface area contributed by atoms with Crippen molar-refractivity contribution in [1.29, 1.82) is 0 Å². The first-order valence-corrected chi connectivity index (χ1v) is 10.2. The van der Waals surface area contributed by atoms with Gasteiger partial charge in [0.1, 0.15) is 5.75 Å². The summed E-state index contributed by atoms with van der Waals surface area (Å²) in [4.78, 5) is 12.3. The van der Waals surface area contributed by atoms with E-state index in [0.29, 0.717) is 23.2 Å². The van der Waals surface area contributed by atoms with E-state index in [1.54, 1.807) is 18.2 Å². The van der Waals surface area contributed by atoms with Crippen molar-refractivity contribution in [2.24, 2.45) is 5.92 Å². The zero-order valence-electron chi connectivity index (χ0n) is 15.4. The lowest BCUT2D eigenvalue weighted by Crippen LogP contribution is -2.39. The highest BCUT2D eigenvalue weighted by Gasteiger charge is 2.11. The van der Waals surface area contributed by atoms with Gasteiger partial charge in [-0.3, -0.25) is 10.1 Å². The van der Waals surface area contributed by atoms with Crippen molar-refractivity contribution in [2.75, 3.05) is 13.2 Å². The molecule has 0 aliphatic carbocycles. The molecule has 0 aromatic heterocycles. The summed E-state index contributed by atoms with van der Waals surface area (Å²) in [6.07, 6.45) is 5.99. The first-order valence-electron chi connectivity index (χ1n) is 8.95. The van der Waals surface area contributed by atoms with Crippen LogP contribution in [0.2, 0.25) is 0 Å². The topological polar surface area (TPSA) is 50.4 Å². The second kappa shape index (κ2) is 12.3. The van der Waals surface area contributed by atoms with Crippen molar-refractivity contribution in [2.45, 2.75) is 52.9 Å². The number of carbonyl (C=O) groups is 1. The lowest BCUT2D eigenvalue weighted by atomic mass is 10.1. The summed E-state index contributed by atoms with van der Waals surface area (Å²) < 4.78 is 6.45. The zero-order valence-corrected chi connectivity index (χ0v) is 17.8. The number of hydrogen-bond donors (Lipinski definition) is 2. The minimum absolute atomic E-state index is 0.223. The fourth-order valence-corrected chi connectivity index (χ4v) is 2.85. The van der Waals surface area contributed by atoms with Crippen LogP contribution in [0.5, 0.6) is 5.75 Å². The van der Waals surface area contributed by atoms with Crippen LogP contribution in [0.15, 0.2) is 22.7 Å². The molecule has 0 heterocycles. The smallest absolute Gasteiger partial charge is 0.257 e. The number of hydrogen-bond acceptors (Lipinski definition) is 3. The third-order valence-electron chi connectivity index (χ3n) is 3.56. The van der Waals surface area contributed by atoms with Gasteiger partial charge in [0.2, 0.25) is 0 Å². The van der Waals surface area contributed by atoms with Gasteiger partial charge in [-0.25, -0.2) is 0 Å². The average Bonchev–Trinajstić information content (AvgIpc) is 2.56. The molecule has 0 aliphatic heterocycles. The van der Waals surface area contributed by atoms with Crippen LogP contribution in [0, 0.1) is 5.92 Å². The maximum atomic E-state index is 12.3. The summed E-state index contributed by atoms with van der Waals surface area (Å²) >= 11 is 8.63. The van der Waals surface area contributed by atoms with Crippen LogP contribution in [-0.4, -0.2) is 24.2 Å². The number of halogens is 1. The van der Waals surface area contributed by atoms with Crippen LogP contribution >= 0.6 is 28.1 Å². The Balaban J connectivity index is 2.41. The molecule has 0 fully saturated rings. The van der Waals surface area contributed by atoms with Crippen LogP contribution < -0.4 is 15.4 Å². The first kappa shape index (κ1) is 21.9. The minimum atomic E-state index is -0.223. The molecule has 2 N–H and O–H groups in total. The third kappa shape index (κ3) is 9.21. The summed E-state index contributed by atoms with van der Waals surface area (Å²) in [5.74, 6) is 0.956. The van der Waals surface area contributed by atoms with E-state index in [9.17, 15) is 4.79 Å². The van der Waals surface area contributed by atoms with Crippen LogP contribution in [0.1, 0.15) is 63.2 Å². The van der Waals surface area contributed by atoms with Gasteiger partial charge in [0, 0.05) is 12.1 Å². The molecule has 1 rings (SSSR count). The van der Waals surface area contributed by atoms with E-state index in [-0.39, 0.29) is 5.91 Å². The largest absolute Gasteiger partial charge is 0.492 e. The van der Waals surface area contributed by atoms with Gasteiger partial charge >= 0.3 is 0 Å². The Hall–Kier alpha value is -1.14. The number of unbranched alkanes of at least 4 members (excludes halogenated alkanes) is 4. The summed E-state index contributed by atoms with van der Waals surface area (Å²) in [7, 11) is 0. The molecule has 140 valence electrons. The lowest BCUT2D eigenvalue weighted by Gasteiger charge is -2.12. The number of ether oxygens (including phenoxy) is 1. The summed E-state index contributed by atoms with van der Waals surface area (Å²) in [6.45, 7) is 7.80. The molecule has 0 aliphatic rings. The highest BCUT2D eigenvalue weighted by atomic mass is 79.9. The van der Waals surface area contributed by atoms with Gasteiger partial charge in [-0.1, -0.05) is 46.5 Å². The number of nitrogens with one attached hydrogen (secondary N) is 2. The molecule has 0 bridgehead atoms.